The Morgan fingerprint density at radius 3 is 2.82 bits per heavy atom. The van der Waals surface area contributed by atoms with E-state index in [1.54, 1.807) is 30.6 Å². The second-order valence-electron chi connectivity index (χ2n) is 4.65. The summed E-state index contributed by atoms with van der Waals surface area (Å²) in [6.07, 6.45) is 4.00. The van der Waals surface area contributed by atoms with Gasteiger partial charge >= 0.3 is 6.01 Å². The normalized spacial score (nSPS) is 12.0. The van der Waals surface area contributed by atoms with Crippen LogP contribution in [0, 0.1) is 0 Å². The number of methoxy groups -OCH3 is 1. The summed E-state index contributed by atoms with van der Waals surface area (Å²) in [6.45, 7) is 0.681. The number of hydrogen-bond donors (Lipinski definition) is 1. The van der Waals surface area contributed by atoms with E-state index < -0.39 is 0 Å². The molecule has 0 spiro atoms. The van der Waals surface area contributed by atoms with Crippen LogP contribution in [0.4, 0.5) is 0 Å². The molecule has 7 nitrogen and oxygen atoms in total. The second-order valence-corrected chi connectivity index (χ2v) is 4.65. The first-order valence-corrected chi connectivity index (χ1v) is 6.79. The molecule has 1 aliphatic rings. The van der Waals surface area contributed by atoms with Crippen LogP contribution in [0.15, 0.2) is 30.6 Å². The smallest absolute Gasteiger partial charge is 0.316 e. The molecule has 2 aromatic rings. The molecule has 1 amide bonds. The highest BCUT2D eigenvalue weighted by atomic mass is 16.7. The molecule has 0 saturated heterocycles. The molecule has 1 aromatic carbocycles. The van der Waals surface area contributed by atoms with Crippen molar-refractivity contribution in [2.24, 2.45) is 0 Å². The summed E-state index contributed by atoms with van der Waals surface area (Å²) >= 11 is 0. The molecule has 0 unspecified atom stereocenters. The van der Waals surface area contributed by atoms with Crippen LogP contribution >= 0.6 is 0 Å². The first-order valence-electron chi connectivity index (χ1n) is 6.79. The molecule has 1 aromatic heterocycles. The zero-order valence-electron chi connectivity index (χ0n) is 12.0. The highest BCUT2D eigenvalue weighted by Crippen LogP contribution is 2.32. The quantitative estimate of drug-likeness (QED) is 0.893. The zero-order chi connectivity index (χ0) is 15.4. The molecular weight excluding hydrogens is 286 g/mol. The Balaban J connectivity index is 1.53. The monoisotopic (exact) mass is 301 g/mol. The van der Waals surface area contributed by atoms with Crippen LogP contribution in [0.3, 0.4) is 0 Å². The van der Waals surface area contributed by atoms with Gasteiger partial charge in [-0.05, 0) is 30.2 Å². The van der Waals surface area contributed by atoms with Crippen molar-refractivity contribution in [1.29, 1.82) is 0 Å². The number of fused-ring (bicyclic) bond motifs is 1. The predicted octanol–water partition coefficient (Wildman–Crippen LogP) is 1.19. The first kappa shape index (κ1) is 14.1. The van der Waals surface area contributed by atoms with E-state index in [-0.39, 0.29) is 12.7 Å². The Morgan fingerprint density at radius 2 is 2.05 bits per heavy atom. The van der Waals surface area contributed by atoms with Gasteiger partial charge < -0.3 is 19.5 Å². The Morgan fingerprint density at radius 1 is 1.27 bits per heavy atom. The highest BCUT2D eigenvalue weighted by molar-refractivity contribution is 5.94. The number of rotatable bonds is 5. The molecular formula is C15H15N3O4. The maximum absolute atomic E-state index is 12.1. The molecule has 22 heavy (non-hydrogen) atoms. The highest BCUT2D eigenvalue weighted by Gasteiger charge is 2.15. The Hall–Kier alpha value is -2.83. The van der Waals surface area contributed by atoms with Crippen molar-refractivity contribution in [3.63, 3.8) is 0 Å². The maximum atomic E-state index is 12.1. The number of carbonyl (C=O) groups is 1. The van der Waals surface area contributed by atoms with Gasteiger partial charge in [-0.15, -0.1) is 0 Å². The molecule has 114 valence electrons. The molecule has 0 atom stereocenters. The molecule has 0 fully saturated rings. The van der Waals surface area contributed by atoms with Gasteiger partial charge in [-0.3, -0.25) is 4.79 Å². The van der Waals surface area contributed by atoms with Crippen LogP contribution in [0.5, 0.6) is 17.5 Å². The summed E-state index contributed by atoms with van der Waals surface area (Å²) in [6, 6.07) is 5.44. The fraction of sp³-hybridized carbons (Fsp3) is 0.267. The maximum Gasteiger partial charge on any atom is 0.316 e. The zero-order valence-corrected chi connectivity index (χ0v) is 12.0. The molecule has 2 heterocycles. The van der Waals surface area contributed by atoms with E-state index >= 15 is 0 Å². The standard InChI is InChI=1S/C15H15N3O4/c1-20-15-17-7-10(8-18-15)4-5-16-14(19)11-2-3-12-13(6-11)22-9-21-12/h2-3,6-8H,4-5,9H2,1H3,(H,16,19). The lowest BCUT2D eigenvalue weighted by Crippen LogP contribution is -2.25. The summed E-state index contributed by atoms with van der Waals surface area (Å²) in [4.78, 5) is 20.1. The lowest BCUT2D eigenvalue weighted by molar-refractivity contribution is 0.0953. The first-order chi connectivity index (χ1) is 10.8. The molecule has 1 aliphatic heterocycles. The number of carbonyl (C=O) groups excluding carboxylic acids is 1. The fourth-order valence-electron chi connectivity index (χ4n) is 2.04. The van der Waals surface area contributed by atoms with Crippen molar-refractivity contribution in [3.8, 4) is 17.5 Å². The predicted molar refractivity (Wildman–Crippen MR) is 77.2 cm³/mol. The van der Waals surface area contributed by atoms with Gasteiger partial charge in [-0.2, -0.15) is 0 Å². The minimum atomic E-state index is -0.160. The van der Waals surface area contributed by atoms with E-state index in [1.165, 1.54) is 7.11 Å². The SMILES string of the molecule is COc1ncc(CCNC(=O)c2ccc3c(c2)OCO3)cn1. The van der Waals surface area contributed by atoms with Gasteiger partial charge in [0.15, 0.2) is 11.5 Å². The minimum Gasteiger partial charge on any atom is -0.467 e. The number of nitrogens with zero attached hydrogens (tertiary/aromatic N) is 2. The van der Waals surface area contributed by atoms with Crippen LogP contribution in [-0.4, -0.2) is 36.3 Å². The Labute approximate surface area is 127 Å². The van der Waals surface area contributed by atoms with E-state index in [0.717, 1.165) is 5.56 Å². The summed E-state index contributed by atoms with van der Waals surface area (Å²) in [7, 11) is 1.51. The van der Waals surface area contributed by atoms with Crippen molar-refractivity contribution in [1.82, 2.24) is 15.3 Å². The van der Waals surface area contributed by atoms with Crippen molar-refractivity contribution in [2.75, 3.05) is 20.4 Å². The second kappa shape index (κ2) is 6.30. The van der Waals surface area contributed by atoms with Crippen LogP contribution in [0.1, 0.15) is 15.9 Å². The number of ether oxygens (including phenoxy) is 3. The van der Waals surface area contributed by atoms with Gasteiger partial charge in [0.05, 0.1) is 7.11 Å². The molecule has 7 heteroatoms. The number of hydrogen-bond acceptors (Lipinski definition) is 6. The number of amides is 1. The lowest BCUT2D eigenvalue weighted by atomic mass is 10.2. The summed E-state index contributed by atoms with van der Waals surface area (Å²) in [5, 5.41) is 2.85. The molecule has 0 aliphatic carbocycles. The van der Waals surface area contributed by atoms with E-state index in [9.17, 15) is 4.79 Å². The third-order valence-electron chi connectivity index (χ3n) is 3.20. The molecule has 0 radical (unpaired) electrons. The number of nitrogens with one attached hydrogen (secondary N) is 1. The largest absolute Gasteiger partial charge is 0.467 e. The number of aromatic nitrogens is 2. The topological polar surface area (TPSA) is 82.6 Å². The number of benzene rings is 1. The molecule has 3 rings (SSSR count). The van der Waals surface area contributed by atoms with Crippen LogP contribution in [0.25, 0.3) is 0 Å². The summed E-state index contributed by atoms with van der Waals surface area (Å²) < 4.78 is 15.4. The van der Waals surface area contributed by atoms with Gasteiger partial charge in [-0.1, -0.05) is 0 Å². The van der Waals surface area contributed by atoms with Gasteiger partial charge in [0.25, 0.3) is 5.91 Å². The van der Waals surface area contributed by atoms with E-state index in [4.69, 9.17) is 14.2 Å². The van der Waals surface area contributed by atoms with E-state index in [1.807, 2.05) is 0 Å². The molecule has 0 saturated carbocycles. The fourth-order valence-corrected chi connectivity index (χ4v) is 2.04. The van der Waals surface area contributed by atoms with E-state index in [0.29, 0.717) is 36.0 Å². The van der Waals surface area contributed by atoms with Crippen molar-refractivity contribution in [2.45, 2.75) is 6.42 Å². The third-order valence-corrected chi connectivity index (χ3v) is 3.20. The summed E-state index contributed by atoms with van der Waals surface area (Å²) in [5.74, 6) is 1.09. The Kier molecular flexibility index (Phi) is 4.04. The van der Waals surface area contributed by atoms with Crippen molar-refractivity contribution >= 4 is 5.91 Å². The van der Waals surface area contributed by atoms with Gasteiger partial charge in [0.2, 0.25) is 6.79 Å². The van der Waals surface area contributed by atoms with Crippen LogP contribution in [0.2, 0.25) is 0 Å². The minimum absolute atomic E-state index is 0.160. The van der Waals surface area contributed by atoms with Crippen LogP contribution in [-0.2, 0) is 6.42 Å². The molecule has 1 N–H and O–H groups in total. The van der Waals surface area contributed by atoms with E-state index in [2.05, 4.69) is 15.3 Å². The van der Waals surface area contributed by atoms with Crippen LogP contribution < -0.4 is 19.5 Å². The third kappa shape index (κ3) is 3.08. The van der Waals surface area contributed by atoms with Gasteiger partial charge in [-0.25, -0.2) is 9.97 Å². The lowest BCUT2D eigenvalue weighted by Gasteiger charge is -2.06. The molecule has 0 bridgehead atoms. The summed E-state index contributed by atoms with van der Waals surface area (Å²) in [5.41, 5.74) is 1.46. The van der Waals surface area contributed by atoms with Crippen molar-refractivity contribution < 1.29 is 19.0 Å². The van der Waals surface area contributed by atoms with Gasteiger partial charge in [0, 0.05) is 24.5 Å². The average molecular weight is 301 g/mol. The van der Waals surface area contributed by atoms with Crippen molar-refractivity contribution in [3.05, 3.63) is 41.7 Å². The Bertz CT molecular complexity index is 673. The average Bonchev–Trinajstić information content (AvgIpc) is 3.03. The van der Waals surface area contributed by atoms with Gasteiger partial charge in [0.1, 0.15) is 0 Å².